The number of carbonyl (C=O) groups excluding carboxylic acids is 1. The lowest BCUT2D eigenvalue weighted by Crippen LogP contribution is -2.55. The standard InChI is InChI=1S/C18H32N2O/c1-18(2,3)14-10-11-20(12-14)17(21)16-9-8-13-6-4-5-7-15(13)19-16/h13-16,19H,4-12H2,1-3H3. The normalized spacial score (nSPS) is 37.4. The van der Waals surface area contributed by atoms with Gasteiger partial charge in [0.1, 0.15) is 0 Å². The molecule has 1 amide bonds. The summed E-state index contributed by atoms with van der Waals surface area (Å²) < 4.78 is 0. The fraction of sp³-hybridized carbons (Fsp3) is 0.944. The molecule has 1 N–H and O–H groups in total. The molecule has 120 valence electrons. The highest BCUT2D eigenvalue weighted by atomic mass is 16.2. The van der Waals surface area contributed by atoms with Gasteiger partial charge in [-0.1, -0.05) is 33.6 Å². The molecule has 21 heavy (non-hydrogen) atoms. The van der Waals surface area contributed by atoms with Gasteiger partial charge in [-0.05, 0) is 49.4 Å². The van der Waals surface area contributed by atoms with Crippen LogP contribution in [0.25, 0.3) is 0 Å². The first-order chi connectivity index (χ1) is 9.95. The molecule has 0 aromatic carbocycles. The monoisotopic (exact) mass is 292 g/mol. The molecule has 3 heteroatoms. The van der Waals surface area contributed by atoms with Crippen LogP contribution in [0.5, 0.6) is 0 Å². The molecule has 3 aliphatic rings. The molecule has 3 fully saturated rings. The zero-order chi connectivity index (χ0) is 15.0. The summed E-state index contributed by atoms with van der Waals surface area (Å²) in [6.07, 6.45) is 8.86. The van der Waals surface area contributed by atoms with Crippen LogP contribution < -0.4 is 5.32 Å². The van der Waals surface area contributed by atoms with Crippen molar-refractivity contribution in [2.24, 2.45) is 17.3 Å². The highest BCUT2D eigenvalue weighted by molar-refractivity contribution is 5.82. The van der Waals surface area contributed by atoms with E-state index in [1.54, 1.807) is 0 Å². The first-order valence-corrected chi connectivity index (χ1v) is 9.00. The van der Waals surface area contributed by atoms with Gasteiger partial charge in [0.2, 0.25) is 5.91 Å². The summed E-state index contributed by atoms with van der Waals surface area (Å²) >= 11 is 0. The SMILES string of the molecule is CC(C)(C)C1CCN(C(=O)C2CCC3CCCCC3N2)C1. The lowest BCUT2D eigenvalue weighted by atomic mass is 9.77. The predicted octanol–water partition coefficient (Wildman–Crippen LogP) is 3.19. The fourth-order valence-electron chi connectivity index (χ4n) is 4.58. The highest BCUT2D eigenvalue weighted by Crippen LogP contribution is 2.35. The van der Waals surface area contributed by atoms with E-state index in [0.29, 0.717) is 23.3 Å². The second-order valence-corrected chi connectivity index (χ2v) is 8.58. The molecule has 0 bridgehead atoms. The van der Waals surface area contributed by atoms with Crippen molar-refractivity contribution in [3.8, 4) is 0 Å². The number of rotatable bonds is 1. The van der Waals surface area contributed by atoms with Crippen molar-refractivity contribution in [1.29, 1.82) is 0 Å². The topological polar surface area (TPSA) is 32.3 Å². The number of likely N-dealkylation sites (tertiary alicyclic amines) is 1. The Bertz CT molecular complexity index is 387. The van der Waals surface area contributed by atoms with Gasteiger partial charge >= 0.3 is 0 Å². The van der Waals surface area contributed by atoms with Crippen LogP contribution in [-0.2, 0) is 4.79 Å². The third kappa shape index (κ3) is 3.28. The number of piperidine rings is 1. The van der Waals surface area contributed by atoms with E-state index in [4.69, 9.17) is 0 Å². The molecular weight excluding hydrogens is 260 g/mol. The zero-order valence-electron chi connectivity index (χ0n) is 14.0. The van der Waals surface area contributed by atoms with Crippen molar-refractivity contribution < 1.29 is 4.79 Å². The van der Waals surface area contributed by atoms with Crippen molar-refractivity contribution in [3.05, 3.63) is 0 Å². The van der Waals surface area contributed by atoms with Gasteiger partial charge in [-0.25, -0.2) is 0 Å². The summed E-state index contributed by atoms with van der Waals surface area (Å²) in [4.78, 5) is 14.9. The minimum atomic E-state index is 0.100. The number of amides is 1. The van der Waals surface area contributed by atoms with E-state index in [0.717, 1.165) is 25.4 Å². The van der Waals surface area contributed by atoms with Gasteiger partial charge in [-0.2, -0.15) is 0 Å². The van der Waals surface area contributed by atoms with Crippen LogP contribution in [0, 0.1) is 17.3 Å². The molecular formula is C18H32N2O. The third-order valence-electron chi connectivity index (χ3n) is 6.17. The Balaban J connectivity index is 1.56. The van der Waals surface area contributed by atoms with Crippen molar-refractivity contribution in [1.82, 2.24) is 10.2 Å². The Hall–Kier alpha value is -0.570. The lowest BCUT2D eigenvalue weighted by molar-refractivity contribution is -0.134. The van der Waals surface area contributed by atoms with Crippen LogP contribution >= 0.6 is 0 Å². The van der Waals surface area contributed by atoms with E-state index >= 15 is 0 Å². The molecule has 0 aromatic heterocycles. The van der Waals surface area contributed by atoms with Crippen LogP contribution in [0.4, 0.5) is 0 Å². The molecule has 2 saturated heterocycles. The van der Waals surface area contributed by atoms with Crippen LogP contribution in [0.15, 0.2) is 0 Å². The van der Waals surface area contributed by atoms with E-state index in [9.17, 15) is 4.79 Å². The molecule has 2 heterocycles. The lowest BCUT2D eigenvalue weighted by Gasteiger charge is -2.41. The summed E-state index contributed by atoms with van der Waals surface area (Å²) in [5.74, 6) is 1.88. The number of fused-ring (bicyclic) bond motifs is 1. The molecule has 4 unspecified atom stereocenters. The maximum atomic E-state index is 12.8. The number of hydrogen-bond donors (Lipinski definition) is 1. The van der Waals surface area contributed by atoms with Gasteiger partial charge in [0.05, 0.1) is 6.04 Å². The van der Waals surface area contributed by atoms with E-state index in [1.807, 2.05) is 0 Å². The summed E-state index contributed by atoms with van der Waals surface area (Å²) in [5, 5.41) is 3.69. The Morgan fingerprint density at radius 1 is 1.05 bits per heavy atom. The van der Waals surface area contributed by atoms with Gasteiger partial charge in [-0.3, -0.25) is 4.79 Å². The van der Waals surface area contributed by atoms with Crippen molar-refractivity contribution in [2.75, 3.05) is 13.1 Å². The highest BCUT2D eigenvalue weighted by Gasteiger charge is 2.39. The van der Waals surface area contributed by atoms with Gasteiger partial charge in [-0.15, -0.1) is 0 Å². The predicted molar refractivity (Wildman–Crippen MR) is 86.0 cm³/mol. The van der Waals surface area contributed by atoms with E-state index in [-0.39, 0.29) is 6.04 Å². The zero-order valence-corrected chi connectivity index (χ0v) is 14.0. The quantitative estimate of drug-likeness (QED) is 0.805. The van der Waals surface area contributed by atoms with Gasteiger partial charge in [0.25, 0.3) is 0 Å². The summed E-state index contributed by atoms with van der Waals surface area (Å²) in [7, 11) is 0. The molecule has 1 aliphatic carbocycles. The van der Waals surface area contributed by atoms with Gasteiger partial charge in [0, 0.05) is 19.1 Å². The molecule has 0 spiro atoms. The Morgan fingerprint density at radius 3 is 2.52 bits per heavy atom. The molecule has 4 atom stereocenters. The second kappa shape index (κ2) is 5.91. The fourth-order valence-corrected chi connectivity index (χ4v) is 4.58. The summed E-state index contributed by atoms with van der Waals surface area (Å²) in [6.45, 7) is 8.84. The third-order valence-corrected chi connectivity index (χ3v) is 6.17. The number of nitrogens with zero attached hydrogens (tertiary/aromatic N) is 1. The molecule has 0 radical (unpaired) electrons. The maximum Gasteiger partial charge on any atom is 0.239 e. The van der Waals surface area contributed by atoms with Crippen molar-refractivity contribution in [2.45, 2.75) is 77.8 Å². The second-order valence-electron chi connectivity index (χ2n) is 8.58. The van der Waals surface area contributed by atoms with E-state index < -0.39 is 0 Å². The van der Waals surface area contributed by atoms with E-state index in [2.05, 4.69) is 31.0 Å². The van der Waals surface area contributed by atoms with Crippen LogP contribution in [0.1, 0.15) is 65.7 Å². The minimum absolute atomic E-state index is 0.100. The molecule has 1 saturated carbocycles. The molecule has 2 aliphatic heterocycles. The van der Waals surface area contributed by atoms with Gasteiger partial charge < -0.3 is 10.2 Å². The van der Waals surface area contributed by atoms with Crippen molar-refractivity contribution >= 4 is 5.91 Å². The first-order valence-electron chi connectivity index (χ1n) is 9.00. The maximum absolute atomic E-state index is 12.8. The largest absolute Gasteiger partial charge is 0.341 e. The van der Waals surface area contributed by atoms with Gasteiger partial charge in [0.15, 0.2) is 0 Å². The average molecular weight is 292 g/mol. The Labute approximate surface area is 129 Å². The van der Waals surface area contributed by atoms with Crippen LogP contribution in [-0.4, -0.2) is 36.0 Å². The number of nitrogens with one attached hydrogen (secondary N) is 1. The van der Waals surface area contributed by atoms with E-state index in [1.165, 1.54) is 38.5 Å². The minimum Gasteiger partial charge on any atom is -0.341 e. The Morgan fingerprint density at radius 2 is 1.81 bits per heavy atom. The summed E-state index contributed by atoms with van der Waals surface area (Å²) in [6, 6.07) is 0.713. The average Bonchev–Trinajstić information content (AvgIpc) is 2.96. The Kier molecular flexibility index (Phi) is 4.31. The van der Waals surface area contributed by atoms with Crippen LogP contribution in [0.2, 0.25) is 0 Å². The van der Waals surface area contributed by atoms with Crippen molar-refractivity contribution in [3.63, 3.8) is 0 Å². The number of hydrogen-bond acceptors (Lipinski definition) is 2. The smallest absolute Gasteiger partial charge is 0.239 e. The molecule has 0 aromatic rings. The first kappa shape index (κ1) is 15.3. The molecule has 3 nitrogen and oxygen atoms in total. The van der Waals surface area contributed by atoms with Crippen LogP contribution in [0.3, 0.4) is 0 Å². The summed E-state index contributed by atoms with van der Waals surface area (Å²) in [5.41, 5.74) is 0.323. The molecule has 3 rings (SSSR count). The number of carbonyl (C=O) groups is 1.